The number of sulfone groups is 1. The maximum Gasteiger partial charge on any atom is 0.340 e. The summed E-state index contributed by atoms with van der Waals surface area (Å²) in [6.07, 6.45) is 3.69. The molecular weight excluding hydrogens is 384 g/mol. The van der Waals surface area contributed by atoms with Crippen LogP contribution in [-0.4, -0.2) is 44.2 Å². The minimum absolute atomic E-state index is 0.0329. The van der Waals surface area contributed by atoms with E-state index in [1.807, 2.05) is 0 Å². The maximum atomic E-state index is 12.4. The monoisotopic (exact) mass is 410 g/mol. The molecule has 1 saturated carbocycles. The summed E-state index contributed by atoms with van der Waals surface area (Å²) in [6.45, 7) is 2.79. The van der Waals surface area contributed by atoms with Gasteiger partial charge in [0, 0.05) is 6.04 Å². The summed E-state index contributed by atoms with van der Waals surface area (Å²) in [5, 5.41) is 4.89. The molecule has 1 aliphatic carbocycles. The molecule has 0 bridgehead atoms. The van der Waals surface area contributed by atoms with Crippen molar-refractivity contribution in [1.82, 2.24) is 10.6 Å². The predicted molar refractivity (Wildman–Crippen MR) is 103 cm³/mol. The van der Waals surface area contributed by atoms with Gasteiger partial charge in [0.05, 0.1) is 16.2 Å². The van der Waals surface area contributed by atoms with Crippen LogP contribution in [0.3, 0.4) is 0 Å². The fraction of sp³-hybridized carbons (Fsp3) is 0.526. The lowest BCUT2D eigenvalue weighted by molar-refractivity contribution is -0.127. The van der Waals surface area contributed by atoms with Gasteiger partial charge in [0.2, 0.25) is 0 Å². The Morgan fingerprint density at radius 2 is 1.79 bits per heavy atom. The molecule has 2 rings (SSSR count). The van der Waals surface area contributed by atoms with E-state index in [4.69, 9.17) is 4.74 Å². The summed E-state index contributed by atoms with van der Waals surface area (Å²) in [7, 11) is -3.63. The third-order valence-corrected chi connectivity index (χ3v) is 6.44. The summed E-state index contributed by atoms with van der Waals surface area (Å²) < 4.78 is 29.4. The van der Waals surface area contributed by atoms with E-state index in [-0.39, 0.29) is 22.3 Å². The number of urea groups is 1. The number of hydrogen-bond acceptors (Lipinski definition) is 6. The van der Waals surface area contributed by atoms with Gasteiger partial charge >= 0.3 is 12.0 Å². The van der Waals surface area contributed by atoms with Crippen LogP contribution in [0, 0.1) is 0 Å². The predicted octanol–water partition coefficient (Wildman–Crippen LogP) is 2.18. The van der Waals surface area contributed by atoms with Crippen molar-refractivity contribution < 1.29 is 27.5 Å². The van der Waals surface area contributed by atoms with Crippen LogP contribution in [0.4, 0.5) is 4.79 Å². The van der Waals surface area contributed by atoms with Crippen LogP contribution in [0.15, 0.2) is 29.2 Å². The van der Waals surface area contributed by atoms with E-state index in [2.05, 4.69) is 10.6 Å². The van der Waals surface area contributed by atoms with Crippen LogP contribution < -0.4 is 10.6 Å². The molecule has 1 fully saturated rings. The number of imide groups is 1. The van der Waals surface area contributed by atoms with E-state index in [0.717, 1.165) is 32.1 Å². The maximum absolute atomic E-state index is 12.4. The first-order valence-electron chi connectivity index (χ1n) is 9.38. The van der Waals surface area contributed by atoms with Crippen LogP contribution in [-0.2, 0) is 19.4 Å². The number of nitrogens with one attached hydrogen (secondary N) is 2. The van der Waals surface area contributed by atoms with Crippen LogP contribution >= 0.6 is 0 Å². The minimum atomic E-state index is -3.63. The summed E-state index contributed by atoms with van der Waals surface area (Å²) >= 11 is 0. The van der Waals surface area contributed by atoms with Crippen molar-refractivity contribution in [1.29, 1.82) is 0 Å². The Bertz CT molecular complexity index is 831. The van der Waals surface area contributed by atoms with E-state index in [1.165, 1.54) is 38.1 Å². The zero-order valence-corrected chi connectivity index (χ0v) is 16.9. The highest BCUT2D eigenvalue weighted by Crippen LogP contribution is 2.19. The van der Waals surface area contributed by atoms with Gasteiger partial charge in [-0.2, -0.15) is 0 Å². The van der Waals surface area contributed by atoms with E-state index in [9.17, 15) is 22.8 Å². The first-order valence-corrected chi connectivity index (χ1v) is 11.0. The normalized spacial score (nSPS) is 16.1. The average Bonchev–Trinajstić information content (AvgIpc) is 2.68. The highest BCUT2D eigenvalue weighted by atomic mass is 32.2. The Balaban J connectivity index is 1.96. The number of hydrogen-bond donors (Lipinski definition) is 2. The molecule has 9 heteroatoms. The highest BCUT2D eigenvalue weighted by Gasteiger charge is 2.26. The number of amides is 3. The van der Waals surface area contributed by atoms with Gasteiger partial charge < -0.3 is 10.1 Å². The summed E-state index contributed by atoms with van der Waals surface area (Å²) in [5.41, 5.74) is -0.143. The third kappa shape index (κ3) is 5.79. The first-order chi connectivity index (χ1) is 13.2. The average molecular weight is 410 g/mol. The zero-order chi connectivity index (χ0) is 20.7. The summed E-state index contributed by atoms with van der Waals surface area (Å²) in [4.78, 5) is 36.3. The summed E-state index contributed by atoms with van der Waals surface area (Å²) in [5.74, 6) is -1.89. The zero-order valence-electron chi connectivity index (χ0n) is 16.1. The smallest absolute Gasteiger partial charge is 0.340 e. The topological polar surface area (TPSA) is 119 Å². The quantitative estimate of drug-likeness (QED) is 0.694. The lowest BCUT2D eigenvalue weighted by Gasteiger charge is -2.23. The molecule has 1 aromatic carbocycles. The largest absolute Gasteiger partial charge is 0.449 e. The molecule has 1 atom stereocenters. The van der Waals surface area contributed by atoms with Crippen molar-refractivity contribution in [2.75, 3.05) is 5.75 Å². The minimum Gasteiger partial charge on any atom is -0.449 e. The van der Waals surface area contributed by atoms with Crippen LogP contribution in [0.25, 0.3) is 0 Å². The van der Waals surface area contributed by atoms with Gasteiger partial charge in [0.15, 0.2) is 15.9 Å². The molecule has 0 saturated heterocycles. The molecule has 154 valence electrons. The van der Waals surface area contributed by atoms with Gasteiger partial charge in [0.25, 0.3) is 5.91 Å². The van der Waals surface area contributed by atoms with Gasteiger partial charge in [-0.1, -0.05) is 38.3 Å². The fourth-order valence-electron chi connectivity index (χ4n) is 3.02. The van der Waals surface area contributed by atoms with Crippen molar-refractivity contribution in [2.24, 2.45) is 0 Å². The Morgan fingerprint density at radius 1 is 1.14 bits per heavy atom. The standard InChI is InChI=1S/C19H26N2O6S/c1-3-28(25,26)16-12-8-7-11-15(16)18(23)27-13(2)17(22)21-19(24)20-14-9-5-4-6-10-14/h7-8,11-14H,3-6,9-10H2,1-2H3,(H2,20,21,22,24)/t13-/m1/s1. The van der Waals surface area contributed by atoms with Crippen LogP contribution in [0.2, 0.25) is 0 Å². The van der Waals surface area contributed by atoms with Gasteiger partial charge in [-0.15, -0.1) is 0 Å². The van der Waals surface area contributed by atoms with E-state index in [1.54, 1.807) is 0 Å². The number of carbonyl (C=O) groups is 3. The Morgan fingerprint density at radius 3 is 2.43 bits per heavy atom. The molecule has 0 aliphatic heterocycles. The second-order valence-corrected chi connectivity index (χ2v) is 8.99. The highest BCUT2D eigenvalue weighted by molar-refractivity contribution is 7.91. The molecule has 0 aromatic heterocycles. The molecule has 3 amide bonds. The molecule has 2 N–H and O–H groups in total. The summed E-state index contributed by atoms with van der Waals surface area (Å²) in [6, 6.07) is 5.06. The number of ether oxygens (including phenoxy) is 1. The molecule has 8 nitrogen and oxygen atoms in total. The lowest BCUT2D eigenvalue weighted by atomic mass is 9.96. The second kappa shape index (κ2) is 9.68. The first kappa shape index (κ1) is 21.9. The van der Waals surface area contributed by atoms with E-state index in [0.29, 0.717) is 0 Å². The molecule has 0 radical (unpaired) electrons. The molecule has 1 aliphatic rings. The van der Waals surface area contributed by atoms with Crippen molar-refractivity contribution in [3.05, 3.63) is 29.8 Å². The Labute approximate surface area is 164 Å². The Kier molecular flexibility index (Phi) is 7.56. The van der Waals surface area contributed by atoms with Crippen molar-refractivity contribution in [3.63, 3.8) is 0 Å². The van der Waals surface area contributed by atoms with Gasteiger partial charge in [-0.25, -0.2) is 18.0 Å². The number of rotatable bonds is 6. The second-order valence-electron chi connectivity index (χ2n) is 6.74. The third-order valence-electron chi connectivity index (χ3n) is 4.65. The molecule has 0 spiro atoms. The molecule has 0 unspecified atom stereocenters. The van der Waals surface area contributed by atoms with Crippen LogP contribution in [0.1, 0.15) is 56.3 Å². The number of esters is 1. The molecule has 28 heavy (non-hydrogen) atoms. The SMILES string of the molecule is CCS(=O)(=O)c1ccccc1C(=O)O[C@H](C)C(=O)NC(=O)NC1CCCCC1. The van der Waals surface area contributed by atoms with Gasteiger partial charge in [0.1, 0.15) is 0 Å². The molecule has 0 heterocycles. The van der Waals surface area contributed by atoms with E-state index < -0.39 is 33.8 Å². The Hall–Kier alpha value is -2.42. The van der Waals surface area contributed by atoms with Crippen molar-refractivity contribution in [2.45, 2.75) is 63.0 Å². The number of benzene rings is 1. The lowest BCUT2D eigenvalue weighted by Crippen LogP contribution is -2.48. The molecular formula is C19H26N2O6S. The fourth-order valence-corrected chi connectivity index (χ4v) is 4.10. The van der Waals surface area contributed by atoms with Gasteiger partial charge in [-0.3, -0.25) is 10.1 Å². The van der Waals surface area contributed by atoms with Crippen molar-refractivity contribution >= 4 is 27.7 Å². The molecule has 1 aromatic rings. The van der Waals surface area contributed by atoms with Crippen LogP contribution in [0.5, 0.6) is 0 Å². The van der Waals surface area contributed by atoms with E-state index >= 15 is 0 Å². The van der Waals surface area contributed by atoms with Crippen molar-refractivity contribution in [3.8, 4) is 0 Å². The number of carbonyl (C=O) groups excluding carboxylic acids is 3. The van der Waals surface area contributed by atoms with Gasteiger partial charge in [-0.05, 0) is 31.9 Å².